The minimum absolute atomic E-state index is 0.0659. The molecule has 2 amide bonds. The lowest BCUT2D eigenvalue weighted by atomic mass is 10.1. The number of hydrogen-bond acceptors (Lipinski definition) is 7. The molecule has 1 aliphatic rings. The van der Waals surface area contributed by atoms with E-state index in [1.54, 1.807) is 30.2 Å². The number of methoxy groups -OCH3 is 1. The third kappa shape index (κ3) is 7.28. The van der Waals surface area contributed by atoms with Gasteiger partial charge in [-0.15, -0.1) is 0 Å². The number of amides is 2. The normalized spacial score (nSPS) is 13.1. The van der Waals surface area contributed by atoms with Crippen molar-refractivity contribution in [3.8, 4) is 17.2 Å². The van der Waals surface area contributed by atoms with Crippen LogP contribution >= 0.6 is 0 Å². The number of nitrogens with one attached hydrogen (secondary N) is 1. The molecule has 202 valence electrons. The molecule has 0 saturated carbocycles. The van der Waals surface area contributed by atoms with E-state index in [1.807, 2.05) is 38.1 Å². The number of anilines is 1. The summed E-state index contributed by atoms with van der Waals surface area (Å²) < 4.78 is 42.3. The predicted octanol–water partition coefficient (Wildman–Crippen LogP) is 2.91. The van der Waals surface area contributed by atoms with Crippen molar-refractivity contribution in [2.45, 2.75) is 45.7 Å². The van der Waals surface area contributed by atoms with E-state index in [2.05, 4.69) is 5.32 Å². The number of carbonyl (C=O) groups excluding carboxylic acids is 2. The van der Waals surface area contributed by atoms with Gasteiger partial charge in [-0.05, 0) is 49.6 Å². The fraction of sp³-hybridized carbons (Fsp3) is 0.462. The summed E-state index contributed by atoms with van der Waals surface area (Å²) >= 11 is 0. The highest BCUT2D eigenvalue weighted by Gasteiger charge is 2.29. The molecule has 1 aliphatic heterocycles. The molecule has 2 aromatic carbocycles. The monoisotopic (exact) mass is 533 g/mol. The number of benzene rings is 2. The molecule has 1 N–H and O–H groups in total. The molecule has 0 aromatic heterocycles. The molecular formula is C26H35N3O7S. The zero-order valence-electron chi connectivity index (χ0n) is 21.7. The number of fused-ring (bicyclic) bond motifs is 1. The Morgan fingerprint density at radius 1 is 1.11 bits per heavy atom. The number of hydrogen-bond donors (Lipinski definition) is 1. The number of sulfonamides is 1. The Morgan fingerprint density at radius 2 is 1.86 bits per heavy atom. The van der Waals surface area contributed by atoms with Crippen molar-refractivity contribution in [2.24, 2.45) is 0 Å². The van der Waals surface area contributed by atoms with Crippen LogP contribution in [0.2, 0.25) is 0 Å². The number of nitrogens with zero attached hydrogens (tertiary/aromatic N) is 2. The second-order valence-corrected chi connectivity index (χ2v) is 10.6. The van der Waals surface area contributed by atoms with Crippen molar-refractivity contribution in [2.75, 3.05) is 37.6 Å². The van der Waals surface area contributed by atoms with Crippen LogP contribution in [0.25, 0.3) is 0 Å². The lowest BCUT2D eigenvalue weighted by molar-refractivity contribution is -0.141. The lowest BCUT2D eigenvalue weighted by Gasteiger charge is -2.31. The summed E-state index contributed by atoms with van der Waals surface area (Å²) in [5, 5.41) is 2.81. The van der Waals surface area contributed by atoms with Crippen molar-refractivity contribution in [1.29, 1.82) is 0 Å². The van der Waals surface area contributed by atoms with Gasteiger partial charge in [-0.1, -0.05) is 19.1 Å². The van der Waals surface area contributed by atoms with Gasteiger partial charge in [0, 0.05) is 32.1 Å². The van der Waals surface area contributed by atoms with Crippen LogP contribution < -0.4 is 23.8 Å². The molecule has 0 saturated heterocycles. The maximum Gasteiger partial charge on any atom is 0.242 e. The smallest absolute Gasteiger partial charge is 0.242 e. The Balaban J connectivity index is 1.76. The summed E-state index contributed by atoms with van der Waals surface area (Å²) in [6.07, 6.45) is 1.89. The van der Waals surface area contributed by atoms with E-state index in [1.165, 1.54) is 4.31 Å². The molecule has 0 radical (unpaired) electrons. The molecule has 11 heteroatoms. The third-order valence-corrected chi connectivity index (χ3v) is 7.21. The first-order chi connectivity index (χ1) is 17.7. The van der Waals surface area contributed by atoms with Gasteiger partial charge < -0.3 is 24.4 Å². The van der Waals surface area contributed by atoms with Gasteiger partial charge in [0.15, 0.2) is 11.5 Å². The first-order valence-electron chi connectivity index (χ1n) is 12.2. The van der Waals surface area contributed by atoms with Crippen LogP contribution in [0.5, 0.6) is 17.2 Å². The minimum Gasteiger partial charge on any atom is -0.497 e. The Bertz CT molecular complexity index is 1200. The Hall–Kier alpha value is -3.47. The number of rotatable bonds is 13. The van der Waals surface area contributed by atoms with Gasteiger partial charge in [0.2, 0.25) is 28.6 Å². The SMILES string of the molecule is CCNC(=O)C(CC)N(Cc1cccc(OC)c1)C(=O)CCCN(c1ccc2c(c1)OCO2)S(C)(=O)=O. The second-order valence-electron chi connectivity index (χ2n) is 8.67. The van der Waals surface area contributed by atoms with Crippen molar-refractivity contribution in [1.82, 2.24) is 10.2 Å². The second kappa shape index (κ2) is 12.7. The molecule has 2 aromatic rings. The van der Waals surface area contributed by atoms with Crippen molar-refractivity contribution in [3.63, 3.8) is 0 Å². The highest BCUT2D eigenvalue weighted by molar-refractivity contribution is 7.92. The Kier molecular flexibility index (Phi) is 9.62. The first-order valence-corrected chi connectivity index (χ1v) is 14.1. The summed E-state index contributed by atoms with van der Waals surface area (Å²) in [5.41, 5.74) is 1.26. The van der Waals surface area contributed by atoms with Crippen LogP contribution in [0.1, 0.15) is 38.7 Å². The lowest BCUT2D eigenvalue weighted by Crippen LogP contribution is -2.49. The van der Waals surface area contributed by atoms with E-state index in [4.69, 9.17) is 14.2 Å². The molecular weight excluding hydrogens is 498 g/mol. The Morgan fingerprint density at radius 3 is 2.54 bits per heavy atom. The van der Waals surface area contributed by atoms with Crippen molar-refractivity contribution < 1.29 is 32.2 Å². The number of ether oxygens (including phenoxy) is 3. The molecule has 0 aliphatic carbocycles. The molecule has 0 spiro atoms. The summed E-state index contributed by atoms with van der Waals surface area (Å²) in [4.78, 5) is 27.8. The van der Waals surface area contributed by atoms with Crippen molar-refractivity contribution >= 4 is 27.5 Å². The zero-order chi connectivity index (χ0) is 27.0. The standard InChI is InChI=1S/C26H35N3O7S/c1-5-22(26(31)27-6-2)28(17-19-9-7-10-21(15-19)34-3)25(30)11-8-14-29(37(4,32)33)20-12-13-23-24(16-20)36-18-35-23/h7,9-10,12-13,15-16,22H,5-6,8,11,14,17-18H2,1-4H3,(H,27,31). The quantitative estimate of drug-likeness (QED) is 0.421. The van der Waals surface area contributed by atoms with E-state index in [0.717, 1.165) is 11.8 Å². The van der Waals surface area contributed by atoms with Gasteiger partial charge in [0.1, 0.15) is 11.8 Å². The molecule has 1 atom stereocenters. The van der Waals surface area contributed by atoms with Crippen LogP contribution in [0.15, 0.2) is 42.5 Å². The highest BCUT2D eigenvalue weighted by Crippen LogP contribution is 2.36. The molecule has 37 heavy (non-hydrogen) atoms. The van der Waals surface area contributed by atoms with Crippen LogP contribution in [0.3, 0.4) is 0 Å². The van der Waals surface area contributed by atoms with Gasteiger partial charge in [0.05, 0.1) is 19.1 Å². The average molecular weight is 534 g/mol. The average Bonchev–Trinajstić information content (AvgIpc) is 3.34. The molecule has 10 nitrogen and oxygen atoms in total. The third-order valence-electron chi connectivity index (χ3n) is 6.02. The maximum atomic E-state index is 13.4. The van der Waals surface area contributed by atoms with Gasteiger partial charge in [0.25, 0.3) is 0 Å². The van der Waals surface area contributed by atoms with E-state index >= 15 is 0 Å². The van der Waals surface area contributed by atoms with Gasteiger partial charge in [-0.3, -0.25) is 13.9 Å². The topological polar surface area (TPSA) is 114 Å². The fourth-order valence-corrected chi connectivity index (χ4v) is 5.18. The Labute approximate surface area is 218 Å². The molecule has 3 rings (SSSR count). The highest BCUT2D eigenvalue weighted by atomic mass is 32.2. The maximum absolute atomic E-state index is 13.4. The van der Waals surface area contributed by atoms with E-state index in [0.29, 0.717) is 35.9 Å². The largest absolute Gasteiger partial charge is 0.497 e. The zero-order valence-corrected chi connectivity index (χ0v) is 22.5. The van der Waals surface area contributed by atoms with E-state index in [9.17, 15) is 18.0 Å². The molecule has 0 fully saturated rings. The van der Waals surface area contributed by atoms with E-state index in [-0.39, 0.29) is 44.5 Å². The summed E-state index contributed by atoms with van der Waals surface area (Å²) in [6.45, 7) is 4.54. The van der Waals surface area contributed by atoms with E-state index < -0.39 is 16.1 Å². The summed E-state index contributed by atoms with van der Waals surface area (Å²) in [6, 6.07) is 11.6. The van der Waals surface area contributed by atoms with Gasteiger partial charge >= 0.3 is 0 Å². The molecule has 0 bridgehead atoms. The molecule has 1 heterocycles. The number of carbonyl (C=O) groups is 2. The predicted molar refractivity (Wildman–Crippen MR) is 140 cm³/mol. The summed E-state index contributed by atoms with van der Waals surface area (Å²) in [5.74, 6) is 1.22. The summed E-state index contributed by atoms with van der Waals surface area (Å²) in [7, 11) is -2.05. The van der Waals surface area contributed by atoms with Crippen LogP contribution in [0.4, 0.5) is 5.69 Å². The van der Waals surface area contributed by atoms with Gasteiger partial charge in [-0.25, -0.2) is 8.42 Å². The number of likely N-dealkylation sites (N-methyl/N-ethyl adjacent to an activating group) is 1. The van der Waals surface area contributed by atoms with Crippen LogP contribution in [-0.2, 0) is 26.2 Å². The van der Waals surface area contributed by atoms with Crippen molar-refractivity contribution in [3.05, 3.63) is 48.0 Å². The van der Waals surface area contributed by atoms with Crippen LogP contribution in [0, 0.1) is 0 Å². The first kappa shape index (κ1) is 28.1. The van der Waals surface area contributed by atoms with Crippen LogP contribution in [-0.4, -0.2) is 64.4 Å². The van der Waals surface area contributed by atoms with Gasteiger partial charge in [-0.2, -0.15) is 0 Å². The molecule has 1 unspecified atom stereocenters. The minimum atomic E-state index is -3.62. The fourth-order valence-electron chi connectivity index (χ4n) is 4.22.